The van der Waals surface area contributed by atoms with E-state index < -0.39 is 0 Å². The molecule has 31 heavy (non-hydrogen) atoms. The van der Waals surface area contributed by atoms with Crippen molar-refractivity contribution < 1.29 is 4.79 Å². The fourth-order valence-electron chi connectivity index (χ4n) is 4.51. The van der Waals surface area contributed by atoms with Gasteiger partial charge in [0.2, 0.25) is 5.91 Å². The number of nitrogens with zero attached hydrogens (tertiary/aromatic N) is 2. The van der Waals surface area contributed by atoms with Crippen molar-refractivity contribution in [2.75, 3.05) is 30.3 Å². The average molecular weight is 442 g/mol. The Morgan fingerprint density at radius 2 is 1.94 bits per heavy atom. The molecule has 2 aromatic rings. The first kappa shape index (κ1) is 22.0. The molecule has 0 radical (unpaired) electrons. The van der Waals surface area contributed by atoms with Crippen LogP contribution in [0.15, 0.2) is 30.5 Å². The zero-order valence-corrected chi connectivity index (χ0v) is 18.8. The van der Waals surface area contributed by atoms with Crippen LogP contribution in [0.5, 0.6) is 0 Å². The summed E-state index contributed by atoms with van der Waals surface area (Å²) in [5, 5.41) is 10.3. The quantitative estimate of drug-likeness (QED) is 0.542. The summed E-state index contributed by atoms with van der Waals surface area (Å²) in [4.78, 5) is 21.6. The Kier molecular flexibility index (Phi) is 7.76. The Balaban J connectivity index is 1.44. The Bertz CT molecular complexity index is 876. The first-order chi connectivity index (χ1) is 15.2. The summed E-state index contributed by atoms with van der Waals surface area (Å²) in [5.74, 6) is 2.06. The van der Waals surface area contributed by atoms with Crippen molar-refractivity contribution in [1.29, 1.82) is 0 Å². The zero-order valence-electron chi connectivity index (χ0n) is 18.0. The minimum absolute atomic E-state index is 0.000232. The van der Waals surface area contributed by atoms with E-state index in [0.717, 1.165) is 43.0 Å². The fourth-order valence-corrected chi connectivity index (χ4v) is 4.71. The van der Waals surface area contributed by atoms with Crippen LogP contribution in [-0.4, -0.2) is 35.5 Å². The van der Waals surface area contributed by atoms with E-state index in [4.69, 9.17) is 16.6 Å². The van der Waals surface area contributed by atoms with E-state index in [1.807, 2.05) is 24.3 Å². The molecule has 0 spiro atoms. The summed E-state index contributed by atoms with van der Waals surface area (Å²) in [6.07, 6.45) is 11.5. The fraction of sp³-hybridized carbons (Fsp3) is 0.542. The van der Waals surface area contributed by atoms with Crippen molar-refractivity contribution in [1.82, 2.24) is 15.3 Å². The van der Waals surface area contributed by atoms with E-state index in [9.17, 15) is 4.79 Å². The number of hydrogen-bond donors (Lipinski definition) is 3. The van der Waals surface area contributed by atoms with Gasteiger partial charge in [0.05, 0.1) is 16.6 Å². The highest BCUT2D eigenvalue weighted by atomic mass is 35.5. The van der Waals surface area contributed by atoms with Gasteiger partial charge in [0.25, 0.3) is 0 Å². The number of hydrogen-bond acceptors (Lipinski definition) is 5. The molecular formula is C24H32ClN5O. The molecule has 3 N–H and O–H groups in total. The highest BCUT2D eigenvalue weighted by molar-refractivity contribution is 6.33. The van der Waals surface area contributed by atoms with Gasteiger partial charge in [-0.3, -0.25) is 4.79 Å². The number of piperidine rings is 1. The molecule has 2 aliphatic rings. The first-order valence-electron chi connectivity index (χ1n) is 11.6. The van der Waals surface area contributed by atoms with Crippen molar-refractivity contribution >= 4 is 29.1 Å². The predicted octanol–water partition coefficient (Wildman–Crippen LogP) is 5.12. The Hall–Kier alpha value is -2.18. The summed E-state index contributed by atoms with van der Waals surface area (Å²) >= 11 is 6.44. The Morgan fingerprint density at radius 3 is 2.71 bits per heavy atom. The van der Waals surface area contributed by atoms with Gasteiger partial charge < -0.3 is 16.0 Å². The van der Waals surface area contributed by atoms with Crippen molar-refractivity contribution in [2.45, 2.75) is 51.4 Å². The van der Waals surface area contributed by atoms with Crippen LogP contribution < -0.4 is 16.0 Å². The largest absolute Gasteiger partial charge is 0.370 e. The SMILES string of the molecule is O=C(Nc1cc(-c2cccc(NCC3CCCCCC3)n2)c(Cl)cn1)[C@@H]1CCCNC1. The number of amides is 1. The van der Waals surface area contributed by atoms with Gasteiger partial charge in [0, 0.05) is 24.8 Å². The number of anilines is 2. The second-order valence-corrected chi connectivity index (χ2v) is 9.14. The van der Waals surface area contributed by atoms with E-state index in [1.54, 1.807) is 6.20 Å². The van der Waals surface area contributed by atoms with Gasteiger partial charge in [-0.1, -0.05) is 43.4 Å². The molecule has 1 amide bonds. The molecule has 4 rings (SSSR count). The molecule has 1 aliphatic carbocycles. The first-order valence-corrected chi connectivity index (χ1v) is 12.0. The van der Waals surface area contributed by atoms with Crippen LogP contribution in [0.4, 0.5) is 11.6 Å². The lowest BCUT2D eigenvalue weighted by atomic mass is 9.99. The minimum atomic E-state index is -0.0238. The smallest absolute Gasteiger partial charge is 0.229 e. The van der Waals surface area contributed by atoms with Crippen LogP contribution in [-0.2, 0) is 4.79 Å². The highest BCUT2D eigenvalue weighted by Crippen LogP contribution is 2.29. The molecule has 2 fully saturated rings. The summed E-state index contributed by atoms with van der Waals surface area (Å²) in [7, 11) is 0. The normalized spacial score (nSPS) is 20.1. The molecule has 6 nitrogen and oxygen atoms in total. The third-order valence-corrected chi connectivity index (χ3v) is 6.65. The molecular weight excluding hydrogens is 410 g/mol. The molecule has 1 aliphatic heterocycles. The number of pyridine rings is 2. The third kappa shape index (κ3) is 6.17. The van der Waals surface area contributed by atoms with Gasteiger partial charge in [-0.2, -0.15) is 0 Å². The van der Waals surface area contributed by atoms with Crippen molar-refractivity contribution in [2.24, 2.45) is 11.8 Å². The molecule has 0 aromatic carbocycles. The van der Waals surface area contributed by atoms with E-state index >= 15 is 0 Å². The summed E-state index contributed by atoms with van der Waals surface area (Å²) < 4.78 is 0. The van der Waals surface area contributed by atoms with Gasteiger partial charge in [-0.15, -0.1) is 0 Å². The average Bonchev–Trinajstić information content (AvgIpc) is 3.09. The number of aromatic nitrogens is 2. The monoisotopic (exact) mass is 441 g/mol. The van der Waals surface area contributed by atoms with Gasteiger partial charge in [-0.25, -0.2) is 9.97 Å². The lowest BCUT2D eigenvalue weighted by Crippen LogP contribution is -2.37. The molecule has 166 valence electrons. The summed E-state index contributed by atoms with van der Waals surface area (Å²) in [6, 6.07) is 7.73. The number of nitrogens with one attached hydrogen (secondary N) is 3. The third-order valence-electron chi connectivity index (χ3n) is 6.35. The molecule has 0 unspecified atom stereocenters. The number of carbonyl (C=O) groups excluding carboxylic acids is 1. The number of halogens is 1. The minimum Gasteiger partial charge on any atom is -0.370 e. The maximum atomic E-state index is 12.6. The van der Waals surface area contributed by atoms with Crippen LogP contribution in [0.3, 0.4) is 0 Å². The highest BCUT2D eigenvalue weighted by Gasteiger charge is 2.21. The van der Waals surface area contributed by atoms with Crippen molar-refractivity contribution in [3.63, 3.8) is 0 Å². The van der Waals surface area contributed by atoms with Gasteiger partial charge in [-0.05, 0) is 56.3 Å². The van der Waals surface area contributed by atoms with Crippen molar-refractivity contribution in [3.8, 4) is 11.3 Å². The van der Waals surface area contributed by atoms with Crippen LogP contribution >= 0.6 is 11.6 Å². The van der Waals surface area contributed by atoms with E-state index in [2.05, 4.69) is 20.9 Å². The molecule has 0 bridgehead atoms. The Morgan fingerprint density at radius 1 is 1.10 bits per heavy atom. The maximum absolute atomic E-state index is 12.6. The maximum Gasteiger partial charge on any atom is 0.229 e. The molecule has 1 saturated heterocycles. The zero-order chi connectivity index (χ0) is 21.5. The second kappa shape index (κ2) is 10.9. The van der Waals surface area contributed by atoms with Crippen LogP contribution in [0.25, 0.3) is 11.3 Å². The summed E-state index contributed by atoms with van der Waals surface area (Å²) in [5.41, 5.74) is 1.54. The number of rotatable bonds is 6. The number of carbonyl (C=O) groups is 1. The van der Waals surface area contributed by atoms with Gasteiger partial charge in [0.1, 0.15) is 11.6 Å². The van der Waals surface area contributed by atoms with Crippen LogP contribution in [0, 0.1) is 11.8 Å². The predicted molar refractivity (Wildman–Crippen MR) is 126 cm³/mol. The van der Waals surface area contributed by atoms with Crippen LogP contribution in [0.2, 0.25) is 5.02 Å². The second-order valence-electron chi connectivity index (χ2n) is 8.73. The van der Waals surface area contributed by atoms with Gasteiger partial charge >= 0.3 is 0 Å². The van der Waals surface area contributed by atoms with Crippen molar-refractivity contribution in [3.05, 3.63) is 35.5 Å². The molecule has 2 aromatic heterocycles. The molecule has 7 heteroatoms. The molecule has 1 atom stereocenters. The van der Waals surface area contributed by atoms with Gasteiger partial charge in [0.15, 0.2) is 0 Å². The Labute approximate surface area is 189 Å². The van der Waals surface area contributed by atoms with E-state index in [1.165, 1.54) is 38.5 Å². The molecule has 3 heterocycles. The van der Waals surface area contributed by atoms with Crippen LogP contribution in [0.1, 0.15) is 51.4 Å². The standard InChI is InChI=1S/C24H32ClN5O/c25-20-16-28-23(30-24(31)18-9-6-12-26-15-18)13-19(20)21-10-5-11-22(29-21)27-14-17-7-3-1-2-4-8-17/h5,10-11,13,16-18,26H,1-4,6-9,12,14-15H2,(H,27,29)(H,28,30,31)/t18-/m1/s1. The van der Waals surface area contributed by atoms with E-state index in [-0.39, 0.29) is 11.8 Å². The van der Waals surface area contributed by atoms with E-state index in [0.29, 0.717) is 23.3 Å². The molecule has 1 saturated carbocycles. The summed E-state index contributed by atoms with van der Waals surface area (Å²) in [6.45, 7) is 2.64. The topological polar surface area (TPSA) is 78.9 Å². The lowest BCUT2D eigenvalue weighted by Gasteiger charge is -2.21. The lowest BCUT2D eigenvalue weighted by molar-refractivity contribution is -0.120.